The van der Waals surface area contributed by atoms with Gasteiger partial charge >= 0.3 is 0 Å². The standard InChI is InChI=1S/C11H8ClN3O/c1-15-11(16)8-5-13-9-3-2-6(12)4-7(9)10(8)14-15/h2-5,14H,1H3. The third-order valence-electron chi connectivity index (χ3n) is 2.64. The Balaban J connectivity index is 2.62. The van der Waals surface area contributed by atoms with Crippen LogP contribution in [0.1, 0.15) is 0 Å². The highest BCUT2D eigenvalue weighted by Gasteiger charge is 2.08. The number of rotatable bonds is 0. The molecule has 1 aromatic carbocycles. The smallest absolute Gasteiger partial charge is 0.275 e. The van der Waals surface area contributed by atoms with E-state index in [1.54, 1.807) is 19.3 Å². The third kappa shape index (κ3) is 1.17. The van der Waals surface area contributed by atoms with Gasteiger partial charge in [-0.25, -0.2) is 0 Å². The summed E-state index contributed by atoms with van der Waals surface area (Å²) in [6, 6.07) is 5.42. The zero-order valence-corrected chi connectivity index (χ0v) is 9.25. The largest absolute Gasteiger partial charge is 0.294 e. The molecule has 2 heterocycles. The molecule has 0 aliphatic heterocycles. The van der Waals surface area contributed by atoms with Crippen LogP contribution in [0.4, 0.5) is 0 Å². The van der Waals surface area contributed by atoms with Gasteiger partial charge in [0.05, 0.1) is 16.4 Å². The molecule has 0 aliphatic rings. The first-order valence-electron chi connectivity index (χ1n) is 4.80. The number of benzene rings is 1. The second-order valence-electron chi connectivity index (χ2n) is 3.68. The van der Waals surface area contributed by atoms with Gasteiger partial charge in [0.25, 0.3) is 5.56 Å². The first-order valence-corrected chi connectivity index (χ1v) is 5.17. The quantitative estimate of drug-likeness (QED) is 0.646. The molecule has 16 heavy (non-hydrogen) atoms. The van der Waals surface area contributed by atoms with Gasteiger partial charge in [-0.05, 0) is 18.2 Å². The Morgan fingerprint density at radius 2 is 2.19 bits per heavy atom. The van der Waals surface area contributed by atoms with E-state index in [2.05, 4.69) is 10.1 Å². The maximum absolute atomic E-state index is 11.7. The zero-order valence-electron chi connectivity index (χ0n) is 8.49. The lowest BCUT2D eigenvalue weighted by Crippen LogP contribution is -2.11. The Kier molecular flexibility index (Phi) is 1.82. The summed E-state index contributed by atoms with van der Waals surface area (Å²) in [5.74, 6) is 0. The Bertz CT molecular complexity index is 757. The molecule has 4 nitrogen and oxygen atoms in total. The first kappa shape index (κ1) is 9.42. The molecule has 2 aromatic heterocycles. The minimum atomic E-state index is -0.0793. The molecular formula is C11H8ClN3O. The number of nitrogens with zero attached hydrogens (tertiary/aromatic N) is 2. The van der Waals surface area contributed by atoms with E-state index in [0.717, 1.165) is 16.4 Å². The van der Waals surface area contributed by atoms with Crippen molar-refractivity contribution in [2.24, 2.45) is 7.05 Å². The van der Waals surface area contributed by atoms with Gasteiger partial charge in [0, 0.05) is 23.7 Å². The third-order valence-corrected chi connectivity index (χ3v) is 2.88. The predicted octanol–water partition coefficient (Wildman–Crippen LogP) is 2.07. The highest BCUT2D eigenvalue weighted by Crippen LogP contribution is 2.23. The topological polar surface area (TPSA) is 50.7 Å². The van der Waals surface area contributed by atoms with E-state index in [-0.39, 0.29) is 5.56 Å². The minimum absolute atomic E-state index is 0.0793. The van der Waals surface area contributed by atoms with Crippen LogP contribution in [0.3, 0.4) is 0 Å². The van der Waals surface area contributed by atoms with Gasteiger partial charge in [-0.3, -0.25) is 19.6 Å². The number of H-pyrrole nitrogens is 1. The summed E-state index contributed by atoms with van der Waals surface area (Å²) in [4.78, 5) is 15.9. The summed E-state index contributed by atoms with van der Waals surface area (Å²) in [5.41, 5.74) is 1.52. The highest BCUT2D eigenvalue weighted by atomic mass is 35.5. The van der Waals surface area contributed by atoms with Crippen LogP contribution in [-0.2, 0) is 7.05 Å². The summed E-state index contributed by atoms with van der Waals surface area (Å²) in [7, 11) is 1.68. The van der Waals surface area contributed by atoms with E-state index >= 15 is 0 Å². The molecule has 0 saturated carbocycles. The second kappa shape index (κ2) is 3.09. The van der Waals surface area contributed by atoms with Crippen LogP contribution in [0.5, 0.6) is 0 Å². The van der Waals surface area contributed by atoms with Crippen LogP contribution >= 0.6 is 11.6 Å². The van der Waals surface area contributed by atoms with E-state index in [1.165, 1.54) is 4.68 Å². The number of fused-ring (bicyclic) bond motifs is 3. The van der Waals surface area contributed by atoms with Crippen LogP contribution in [0.2, 0.25) is 5.02 Å². The molecule has 0 radical (unpaired) electrons. The lowest BCUT2D eigenvalue weighted by atomic mass is 10.2. The molecule has 0 unspecified atom stereocenters. The molecule has 0 atom stereocenters. The number of halogens is 1. The fourth-order valence-electron chi connectivity index (χ4n) is 1.85. The number of nitrogens with one attached hydrogen (secondary N) is 1. The van der Waals surface area contributed by atoms with Crippen molar-refractivity contribution in [1.82, 2.24) is 14.8 Å². The van der Waals surface area contributed by atoms with Gasteiger partial charge in [-0.1, -0.05) is 11.6 Å². The molecule has 3 rings (SSSR count). The monoisotopic (exact) mass is 233 g/mol. The number of hydrogen-bond donors (Lipinski definition) is 1. The molecule has 0 amide bonds. The van der Waals surface area contributed by atoms with Crippen molar-refractivity contribution in [1.29, 1.82) is 0 Å². The Hall–Kier alpha value is -1.81. The average molecular weight is 234 g/mol. The van der Waals surface area contributed by atoms with Crippen molar-refractivity contribution in [2.75, 3.05) is 0 Å². The van der Waals surface area contributed by atoms with Crippen molar-refractivity contribution in [3.8, 4) is 0 Å². The Morgan fingerprint density at radius 1 is 1.38 bits per heavy atom. The van der Waals surface area contributed by atoms with Crippen LogP contribution in [0.25, 0.3) is 21.8 Å². The highest BCUT2D eigenvalue weighted by molar-refractivity contribution is 6.31. The average Bonchev–Trinajstić information content (AvgIpc) is 2.56. The first-order chi connectivity index (χ1) is 7.66. The summed E-state index contributed by atoms with van der Waals surface area (Å²) in [6.07, 6.45) is 1.59. The van der Waals surface area contributed by atoms with E-state index in [0.29, 0.717) is 10.4 Å². The van der Waals surface area contributed by atoms with Gasteiger partial charge in [0.15, 0.2) is 0 Å². The van der Waals surface area contributed by atoms with Crippen LogP contribution in [0.15, 0.2) is 29.2 Å². The Morgan fingerprint density at radius 3 is 3.00 bits per heavy atom. The molecule has 5 heteroatoms. The van der Waals surface area contributed by atoms with Crippen LogP contribution in [-0.4, -0.2) is 14.8 Å². The van der Waals surface area contributed by atoms with E-state index < -0.39 is 0 Å². The normalized spacial score (nSPS) is 11.4. The summed E-state index contributed by atoms with van der Waals surface area (Å²) in [6.45, 7) is 0. The van der Waals surface area contributed by atoms with Crippen molar-refractivity contribution >= 4 is 33.4 Å². The lowest BCUT2D eigenvalue weighted by molar-refractivity contribution is 0.751. The van der Waals surface area contributed by atoms with Crippen LogP contribution < -0.4 is 5.56 Å². The molecular weight excluding hydrogens is 226 g/mol. The molecule has 80 valence electrons. The summed E-state index contributed by atoms with van der Waals surface area (Å²) >= 11 is 5.94. The molecule has 0 spiro atoms. The van der Waals surface area contributed by atoms with Gasteiger partial charge in [0.1, 0.15) is 0 Å². The summed E-state index contributed by atoms with van der Waals surface area (Å²) < 4.78 is 1.44. The van der Waals surface area contributed by atoms with Gasteiger partial charge in [-0.15, -0.1) is 0 Å². The van der Waals surface area contributed by atoms with Gasteiger partial charge in [0.2, 0.25) is 0 Å². The fraction of sp³-hybridized carbons (Fsp3) is 0.0909. The molecule has 1 N–H and O–H groups in total. The predicted molar refractivity (Wildman–Crippen MR) is 63.9 cm³/mol. The Labute approximate surface area is 95.5 Å². The number of pyridine rings is 1. The van der Waals surface area contributed by atoms with Crippen molar-refractivity contribution in [2.45, 2.75) is 0 Å². The van der Waals surface area contributed by atoms with Crippen molar-refractivity contribution in [3.63, 3.8) is 0 Å². The fourth-order valence-corrected chi connectivity index (χ4v) is 2.02. The maximum Gasteiger partial charge on any atom is 0.275 e. The number of hydrogen-bond acceptors (Lipinski definition) is 2. The maximum atomic E-state index is 11.7. The molecule has 3 aromatic rings. The molecule has 0 saturated heterocycles. The second-order valence-corrected chi connectivity index (χ2v) is 4.12. The van der Waals surface area contributed by atoms with Crippen LogP contribution in [0, 0.1) is 0 Å². The molecule has 0 aliphatic carbocycles. The molecule has 0 bridgehead atoms. The van der Waals surface area contributed by atoms with Crippen molar-refractivity contribution in [3.05, 3.63) is 39.8 Å². The van der Waals surface area contributed by atoms with Gasteiger partial charge < -0.3 is 0 Å². The van der Waals surface area contributed by atoms with Gasteiger partial charge in [-0.2, -0.15) is 0 Å². The number of aromatic amines is 1. The minimum Gasteiger partial charge on any atom is -0.294 e. The summed E-state index contributed by atoms with van der Waals surface area (Å²) in [5, 5.41) is 5.08. The molecule has 0 fully saturated rings. The van der Waals surface area contributed by atoms with E-state index in [1.807, 2.05) is 12.1 Å². The zero-order chi connectivity index (χ0) is 11.3. The lowest BCUT2D eigenvalue weighted by Gasteiger charge is -1.98. The SMILES string of the molecule is Cn1[nH]c2c(cnc3ccc(Cl)cc32)c1=O. The van der Waals surface area contributed by atoms with Crippen molar-refractivity contribution < 1.29 is 0 Å². The number of aromatic nitrogens is 3. The van der Waals surface area contributed by atoms with E-state index in [4.69, 9.17) is 11.6 Å². The number of aryl methyl sites for hydroxylation is 1. The van der Waals surface area contributed by atoms with E-state index in [9.17, 15) is 4.79 Å².